The Kier molecular flexibility index (Phi) is 9.53. The van der Waals surface area contributed by atoms with E-state index in [-0.39, 0.29) is 29.5 Å². The molecule has 1 saturated carbocycles. The zero-order valence-corrected chi connectivity index (χ0v) is 21.7. The first-order valence-corrected chi connectivity index (χ1v) is 12.4. The van der Waals surface area contributed by atoms with Crippen LogP contribution in [-0.4, -0.2) is 97.7 Å². The quantitative estimate of drug-likeness (QED) is 0.313. The van der Waals surface area contributed by atoms with Crippen LogP contribution in [0, 0.1) is 0 Å². The molecule has 0 bridgehead atoms. The highest BCUT2D eigenvalue weighted by Gasteiger charge is 2.39. The lowest BCUT2D eigenvalue weighted by atomic mass is 9.84. The van der Waals surface area contributed by atoms with Gasteiger partial charge in [-0.25, -0.2) is 0 Å². The molecule has 4 aliphatic rings. The molecule has 3 heterocycles. The Bertz CT molecular complexity index is 530. The predicted octanol–water partition coefficient (Wildman–Crippen LogP) is 2.74. The summed E-state index contributed by atoms with van der Waals surface area (Å²) in [5.41, 5.74) is 0.268. The van der Waals surface area contributed by atoms with Gasteiger partial charge < -0.3 is 20.4 Å². The van der Waals surface area contributed by atoms with Gasteiger partial charge in [0.1, 0.15) is 0 Å². The van der Waals surface area contributed by atoms with E-state index in [1.165, 1.54) is 97.1 Å². The lowest BCUT2D eigenvalue weighted by Gasteiger charge is -2.49. The van der Waals surface area contributed by atoms with Gasteiger partial charge in [0.05, 0.1) is 6.54 Å². The minimum Gasteiger partial charge on any atom is -0.357 e. The predicted molar refractivity (Wildman–Crippen MR) is 137 cm³/mol. The molecule has 174 valence electrons. The molecule has 4 rings (SSSR count). The van der Waals surface area contributed by atoms with Crippen molar-refractivity contribution in [3.05, 3.63) is 0 Å². The van der Waals surface area contributed by atoms with Crippen LogP contribution in [0.2, 0.25) is 0 Å². The number of nitrogens with one attached hydrogen (secondary N) is 2. The normalized spacial score (nSPS) is 27.5. The van der Waals surface area contributed by atoms with E-state index in [0.717, 1.165) is 25.1 Å². The van der Waals surface area contributed by atoms with Crippen molar-refractivity contribution in [1.29, 1.82) is 0 Å². The SMILES string of the molecule is CCNC(=NCC1(N2CCCCC2)CCN(C)CC1)NC1CCN(C2CC2)CC1.I. The maximum Gasteiger partial charge on any atom is 0.191 e. The van der Waals surface area contributed by atoms with E-state index < -0.39 is 0 Å². The Morgan fingerprint density at radius 1 is 0.933 bits per heavy atom. The van der Waals surface area contributed by atoms with Crippen molar-refractivity contribution in [3.63, 3.8) is 0 Å². The van der Waals surface area contributed by atoms with E-state index >= 15 is 0 Å². The third-order valence-electron chi connectivity index (χ3n) is 7.75. The van der Waals surface area contributed by atoms with Crippen LogP contribution >= 0.6 is 24.0 Å². The van der Waals surface area contributed by atoms with Crippen molar-refractivity contribution < 1.29 is 0 Å². The highest BCUT2D eigenvalue weighted by Crippen LogP contribution is 2.32. The average Bonchev–Trinajstić information content (AvgIpc) is 3.60. The van der Waals surface area contributed by atoms with Crippen molar-refractivity contribution in [2.75, 3.05) is 59.4 Å². The van der Waals surface area contributed by atoms with Crippen molar-refractivity contribution >= 4 is 29.9 Å². The minimum atomic E-state index is 0. The largest absolute Gasteiger partial charge is 0.357 e. The second-order valence-electron chi connectivity index (χ2n) is 9.96. The number of aliphatic imine (C=N–C) groups is 1. The zero-order chi connectivity index (χ0) is 20.1. The van der Waals surface area contributed by atoms with Gasteiger partial charge in [0, 0.05) is 37.3 Å². The van der Waals surface area contributed by atoms with E-state index in [1.54, 1.807) is 0 Å². The van der Waals surface area contributed by atoms with E-state index in [2.05, 4.69) is 39.3 Å². The number of halogens is 1. The molecule has 7 heteroatoms. The maximum atomic E-state index is 5.19. The molecule has 4 fully saturated rings. The first-order chi connectivity index (χ1) is 14.2. The highest BCUT2D eigenvalue weighted by atomic mass is 127. The monoisotopic (exact) mass is 532 g/mol. The Labute approximate surface area is 201 Å². The van der Waals surface area contributed by atoms with E-state index in [0.29, 0.717) is 6.04 Å². The van der Waals surface area contributed by atoms with Crippen molar-refractivity contribution in [2.24, 2.45) is 4.99 Å². The molecule has 0 atom stereocenters. The number of hydrogen-bond donors (Lipinski definition) is 2. The fourth-order valence-electron chi connectivity index (χ4n) is 5.57. The molecular formula is C23H45IN6. The summed E-state index contributed by atoms with van der Waals surface area (Å²) in [6.45, 7) is 11.5. The Morgan fingerprint density at radius 3 is 2.20 bits per heavy atom. The molecular weight excluding hydrogens is 487 g/mol. The van der Waals surface area contributed by atoms with Gasteiger partial charge in [0.25, 0.3) is 0 Å². The number of piperidine rings is 3. The Hall–Kier alpha value is -0.120. The number of hydrogen-bond acceptors (Lipinski definition) is 4. The first kappa shape index (κ1) is 24.5. The van der Waals surface area contributed by atoms with E-state index in [1.807, 2.05) is 0 Å². The third kappa shape index (κ3) is 6.45. The summed E-state index contributed by atoms with van der Waals surface area (Å²) in [5, 5.41) is 7.33. The molecule has 0 spiro atoms. The summed E-state index contributed by atoms with van der Waals surface area (Å²) in [5.74, 6) is 1.05. The molecule has 0 aromatic rings. The lowest BCUT2D eigenvalue weighted by Crippen LogP contribution is -2.58. The average molecular weight is 533 g/mol. The Balaban J connectivity index is 0.00000256. The zero-order valence-electron chi connectivity index (χ0n) is 19.4. The molecule has 3 saturated heterocycles. The van der Waals surface area contributed by atoms with E-state index in [4.69, 9.17) is 4.99 Å². The van der Waals surface area contributed by atoms with Gasteiger partial charge in [0.2, 0.25) is 0 Å². The minimum absolute atomic E-state index is 0. The van der Waals surface area contributed by atoms with Crippen LogP contribution in [0.4, 0.5) is 0 Å². The molecule has 0 unspecified atom stereocenters. The van der Waals surface area contributed by atoms with Crippen LogP contribution in [0.5, 0.6) is 0 Å². The topological polar surface area (TPSA) is 46.1 Å². The van der Waals surface area contributed by atoms with Crippen LogP contribution < -0.4 is 10.6 Å². The Morgan fingerprint density at radius 2 is 1.60 bits per heavy atom. The smallest absolute Gasteiger partial charge is 0.191 e. The van der Waals surface area contributed by atoms with Gasteiger partial charge in [0.15, 0.2) is 5.96 Å². The van der Waals surface area contributed by atoms with Crippen molar-refractivity contribution in [2.45, 2.75) is 82.3 Å². The summed E-state index contributed by atoms with van der Waals surface area (Å²) in [7, 11) is 2.27. The molecule has 2 N–H and O–H groups in total. The second-order valence-corrected chi connectivity index (χ2v) is 9.96. The van der Waals surface area contributed by atoms with Crippen LogP contribution in [0.1, 0.15) is 64.7 Å². The summed E-state index contributed by atoms with van der Waals surface area (Å²) < 4.78 is 0. The molecule has 3 aliphatic heterocycles. The van der Waals surface area contributed by atoms with Crippen molar-refractivity contribution in [3.8, 4) is 0 Å². The first-order valence-electron chi connectivity index (χ1n) is 12.4. The van der Waals surface area contributed by atoms with Gasteiger partial charge in [-0.3, -0.25) is 9.89 Å². The number of guanidine groups is 1. The molecule has 30 heavy (non-hydrogen) atoms. The highest BCUT2D eigenvalue weighted by molar-refractivity contribution is 14.0. The number of nitrogens with zero attached hydrogens (tertiary/aromatic N) is 4. The second kappa shape index (κ2) is 11.7. The lowest BCUT2D eigenvalue weighted by molar-refractivity contribution is 0.0208. The maximum absolute atomic E-state index is 5.19. The fraction of sp³-hybridized carbons (Fsp3) is 0.957. The third-order valence-corrected chi connectivity index (χ3v) is 7.75. The summed E-state index contributed by atoms with van der Waals surface area (Å²) in [6.07, 6.45) is 12.0. The number of likely N-dealkylation sites (tertiary alicyclic amines) is 3. The van der Waals surface area contributed by atoms with Crippen LogP contribution in [0.15, 0.2) is 4.99 Å². The van der Waals surface area contributed by atoms with Crippen molar-refractivity contribution in [1.82, 2.24) is 25.3 Å². The molecule has 0 amide bonds. The van der Waals surface area contributed by atoms with Gasteiger partial charge >= 0.3 is 0 Å². The molecule has 1 aliphatic carbocycles. The molecule has 0 radical (unpaired) electrons. The summed E-state index contributed by atoms with van der Waals surface area (Å²) in [6, 6.07) is 1.48. The molecule has 6 nitrogen and oxygen atoms in total. The standard InChI is InChI=1S/C23H44N6.HI/c1-3-24-22(26-20-9-15-28(16-10-20)21-7-8-21)25-19-23(11-17-27(2)18-12-23)29-13-5-4-6-14-29;/h20-21H,3-19H2,1-2H3,(H2,24,25,26);1H. The van der Waals surface area contributed by atoms with Gasteiger partial charge in [-0.15, -0.1) is 24.0 Å². The fourth-order valence-corrected chi connectivity index (χ4v) is 5.57. The summed E-state index contributed by atoms with van der Waals surface area (Å²) in [4.78, 5) is 13.2. The molecule has 0 aromatic heterocycles. The van der Waals surface area contributed by atoms with Gasteiger partial charge in [-0.05, 0) is 91.5 Å². The molecule has 0 aromatic carbocycles. The number of rotatable bonds is 6. The van der Waals surface area contributed by atoms with Gasteiger partial charge in [-0.1, -0.05) is 6.42 Å². The van der Waals surface area contributed by atoms with Crippen LogP contribution in [0.25, 0.3) is 0 Å². The van der Waals surface area contributed by atoms with Crippen LogP contribution in [0.3, 0.4) is 0 Å². The van der Waals surface area contributed by atoms with Gasteiger partial charge in [-0.2, -0.15) is 0 Å². The van der Waals surface area contributed by atoms with Crippen LogP contribution in [-0.2, 0) is 0 Å². The summed E-state index contributed by atoms with van der Waals surface area (Å²) >= 11 is 0. The van der Waals surface area contributed by atoms with E-state index in [9.17, 15) is 0 Å².